The summed E-state index contributed by atoms with van der Waals surface area (Å²) in [5.74, 6) is 0. The Labute approximate surface area is 83.6 Å². The zero-order valence-corrected chi connectivity index (χ0v) is 10.1. The Kier molecular flexibility index (Phi) is 5.31. The van der Waals surface area contributed by atoms with Crippen LogP contribution in [-0.2, 0) is 0 Å². The Morgan fingerprint density at radius 2 is 1.92 bits per heavy atom. The number of hydrogen-bond acceptors (Lipinski definition) is 1. The van der Waals surface area contributed by atoms with Crippen LogP contribution in [0, 0.1) is 5.41 Å². The van der Waals surface area contributed by atoms with E-state index in [1.807, 2.05) is 0 Å². The standard InChI is InChI=1S/C12H25N/c1-7-8-13-11(3)10(2)9-12(4,5)6/h9,11,13H,7-8H2,1-6H3. The molecule has 0 saturated heterocycles. The molecular formula is C12H25N. The Morgan fingerprint density at radius 3 is 2.31 bits per heavy atom. The fourth-order valence-corrected chi connectivity index (χ4v) is 1.33. The van der Waals surface area contributed by atoms with Crippen LogP contribution in [0.4, 0.5) is 0 Å². The molecule has 0 aromatic heterocycles. The van der Waals surface area contributed by atoms with Gasteiger partial charge in [0.1, 0.15) is 0 Å². The summed E-state index contributed by atoms with van der Waals surface area (Å²) in [5, 5.41) is 3.49. The average Bonchev–Trinajstić information content (AvgIpc) is 1.96. The van der Waals surface area contributed by atoms with Crippen molar-refractivity contribution in [1.29, 1.82) is 0 Å². The van der Waals surface area contributed by atoms with E-state index in [0.717, 1.165) is 6.54 Å². The van der Waals surface area contributed by atoms with Gasteiger partial charge in [0.15, 0.2) is 0 Å². The molecule has 0 radical (unpaired) electrons. The van der Waals surface area contributed by atoms with Crippen molar-refractivity contribution in [3.8, 4) is 0 Å². The summed E-state index contributed by atoms with van der Waals surface area (Å²) in [7, 11) is 0. The normalized spacial score (nSPS) is 16.0. The van der Waals surface area contributed by atoms with Crippen molar-refractivity contribution >= 4 is 0 Å². The van der Waals surface area contributed by atoms with Crippen molar-refractivity contribution in [3.63, 3.8) is 0 Å². The minimum Gasteiger partial charge on any atom is -0.311 e. The molecule has 13 heavy (non-hydrogen) atoms. The van der Waals surface area contributed by atoms with Crippen LogP contribution >= 0.6 is 0 Å². The van der Waals surface area contributed by atoms with E-state index in [1.165, 1.54) is 12.0 Å². The molecule has 1 N–H and O–H groups in total. The van der Waals surface area contributed by atoms with E-state index in [4.69, 9.17) is 0 Å². The highest BCUT2D eigenvalue weighted by Gasteiger charge is 2.09. The van der Waals surface area contributed by atoms with Crippen LogP contribution in [0.15, 0.2) is 11.6 Å². The molecule has 1 atom stereocenters. The van der Waals surface area contributed by atoms with Crippen LogP contribution < -0.4 is 5.32 Å². The highest BCUT2D eigenvalue weighted by molar-refractivity contribution is 5.10. The predicted octanol–water partition coefficient (Wildman–Crippen LogP) is 3.37. The van der Waals surface area contributed by atoms with Gasteiger partial charge in [0.2, 0.25) is 0 Å². The molecule has 0 saturated carbocycles. The highest BCUT2D eigenvalue weighted by atomic mass is 14.9. The number of allylic oxidation sites excluding steroid dienone is 1. The summed E-state index contributed by atoms with van der Waals surface area (Å²) in [5.41, 5.74) is 1.74. The van der Waals surface area contributed by atoms with Gasteiger partial charge < -0.3 is 5.32 Å². The summed E-state index contributed by atoms with van der Waals surface area (Å²) in [6.07, 6.45) is 3.55. The van der Waals surface area contributed by atoms with Crippen LogP contribution in [0.3, 0.4) is 0 Å². The topological polar surface area (TPSA) is 12.0 Å². The summed E-state index contributed by atoms with van der Waals surface area (Å²) in [6, 6.07) is 0.513. The molecule has 78 valence electrons. The zero-order chi connectivity index (χ0) is 10.5. The van der Waals surface area contributed by atoms with E-state index < -0.39 is 0 Å². The molecule has 0 spiro atoms. The van der Waals surface area contributed by atoms with E-state index >= 15 is 0 Å². The third-order valence-electron chi connectivity index (χ3n) is 2.04. The van der Waals surface area contributed by atoms with Gasteiger partial charge in [-0.15, -0.1) is 0 Å². The molecule has 0 fully saturated rings. The third-order valence-corrected chi connectivity index (χ3v) is 2.04. The van der Waals surface area contributed by atoms with Gasteiger partial charge >= 0.3 is 0 Å². The SMILES string of the molecule is CCCNC(C)C(C)=CC(C)(C)C. The van der Waals surface area contributed by atoms with Gasteiger partial charge in [-0.1, -0.05) is 39.3 Å². The van der Waals surface area contributed by atoms with E-state index in [1.54, 1.807) is 0 Å². The van der Waals surface area contributed by atoms with Gasteiger partial charge in [0, 0.05) is 6.04 Å². The minimum atomic E-state index is 0.298. The lowest BCUT2D eigenvalue weighted by Gasteiger charge is -2.19. The van der Waals surface area contributed by atoms with E-state index in [0.29, 0.717) is 11.5 Å². The smallest absolute Gasteiger partial charge is 0.0248 e. The lowest BCUT2D eigenvalue weighted by molar-refractivity contribution is 0.524. The van der Waals surface area contributed by atoms with Crippen molar-refractivity contribution in [2.75, 3.05) is 6.54 Å². The first-order chi connectivity index (χ1) is 5.87. The van der Waals surface area contributed by atoms with Crippen molar-refractivity contribution in [2.45, 2.75) is 54.0 Å². The first-order valence-electron chi connectivity index (χ1n) is 5.29. The number of nitrogens with one attached hydrogen (secondary N) is 1. The molecule has 1 nitrogen and oxygen atoms in total. The van der Waals surface area contributed by atoms with E-state index in [9.17, 15) is 0 Å². The first-order valence-corrected chi connectivity index (χ1v) is 5.29. The number of hydrogen-bond donors (Lipinski definition) is 1. The first kappa shape index (κ1) is 12.7. The van der Waals surface area contributed by atoms with E-state index in [-0.39, 0.29) is 0 Å². The maximum atomic E-state index is 3.49. The van der Waals surface area contributed by atoms with Gasteiger partial charge in [-0.2, -0.15) is 0 Å². The third kappa shape index (κ3) is 6.83. The van der Waals surface area contributed by atoms with E-state index in [2.05, 4.69) is 52.9 Å². The van der Waals surface area contributed by atoms with Crippen LogP contribution in [-0.4, -0.2) is 12.6 Å². The van der Waals surface area contributed by atoms with Crippen LogP contribution in [0.2, 0.25) is 0 Å². The predicted molar refractivity (Wildman–Crippen MR) is 61.0 cm³/mol. The summed E-state index contributed by atoms with van der Waals surface area (Å²) in [4.78, 5) is 0. The largest absolute Gasteiger partial charge is 0.311 e. The monoisotopic (exact) mass is 183 g/mol. The molecule has 0 aliphatic rings. The second-order valence-corrected chi connectivity index (χ2v) is 4.93. The summed E-state index contributed by atoms with van der Waals surface area (Å²) < 4.78 is 0. The Morgan fingerprint density at radius 1 is 1.38 bits per heavy atom. The van der Waals surface area contributed by atoms with Gasteiger partial charge in [0.05, 0.1) is 0 Å². The number of rotatable bonds is 4. The van der Waals surface area contributed by atoms with Crippen molar-refractivity contribution in [3.05, 3.63) is 11.6 Å². The van der Waals surface area contributed by atoms with Gasteiger partial charge in [-0.3, -0.25) is 0 Å². The Hall–Kier alpha value is -0.300. The molecule has 1 unspecified atom stereocenters. The minimum absolute atomic E-state index is 0.298. The highest BCUT2D eigenvalue weighted by Crippen LogP contribution is 2.18. The molecule has 0 aromatic rings. The molecule has 0 rings (SSSR count). The lowest BCUT2D eigenvalue weighted by atomic mass is 9.92. The van der Waals surface area contributed by atoms with Crippen LogP contribution in [0.1, 0.15) is 48.0 Å². The molecule has 0 heterocycles. The molecule has 1 heteroatoms. The molecule has 0 aliphatic carbocycles. The molecular weight excluding hydrogens is 158 g/mol. The zero-order valence-electron chi connectivity index (χ0n) is 10.1. The van der Waals surface area contributed by atoms with Crippen molar-refractivity contribution in [1.82, 2.24) is 5.32 Å². The van der Waals surface area contributed by atoms with Gasteiger partial charge in [-0.25, -0.2) is 0 Å². The molecule has 0 amide bonds. The Balaban J connectivity index is 4.08. The Bertz CT molecular complexity index is 162. The maximum absolute atomic E-state index is 3.49. The maximum Gasteiger partial charge on any atom is 0.0248 e. The fourth-order valence-electron chi connectivity index (χ4n) is 1.33. The average molecular weight is 183 g/mol. The van der Waals surface area contributed by atoms with Crippen molar-refractivity contribution in [2.24, 2.45) is 5.41 Å². The van der Waals surface area contributed by atoms with Gasteiger partial charge in [0.25, 0.3) is 0 Å². The lowest BCUT2D eigenvalue weighted by Crippen LogP contribution is -2.28. The van der Waals surface area contributed by atoms with Crippen LogP contribution in [0.5, 0.6) is 0 Å². The second-order valence-electron chi connectivity index (χ2n) is 4.93. The van der Waals surface area contributed by atoms with Crippen molar-refractivity contribution < 1.29 is 0 Å². The van der Waals surface area contributed by atoms with Gasteiger partial charge in [-0.05, 0) is 32.2 Å². The molecule has 0 aromatic carbocycles. The second kappa shape index (κ2) is 5.43. The molecule has 0 aliphatic heterocycles. The molecule has 0 bridgehead atoms. The quantitative estimate of drug-likeness (QED) is 0.659. The van der Waals surface area contributed by atoms with Crippen LogP contribution in [0.25, 0.3) is 0 Å². The summed E-state index contributed by atoms with van der Waals surface area (Å²) in [6.45, 7) is 14.5. The fraction of sp³-hybridized carbons (Fsp3) is 0.833. The summed E-state index contributed by atoms with van der Waals surface area (Å²) >= 11 is 0.